The lowest BCUT2D eigenvalue weighted by molar-refractivity contribution is -0.384. The average Bonchev–Trinajstić information content (AvgIpc) is 3.41. The molecular weight excluding hydrogens is 561 g/mol. The Balaban J connectivity index is 1.59. The highest BCUT2D eigenvalue weighted by Gasteiger charge is 2.27. The molecule has 212 valence electrons. The number of hydrogen-bond donors (Lipinski definition) is 2. The van der Waals surface area contributed by atoms with Crippen LogP contribution in [0.3, 0.4) is 0 Å². The number of thiazole rings is 1. The Hall–Kier alpha value is -4.78. The monoisotopic (exact) mass is 584 g/mol. The SMILES string of the molecule is O=C(O)CCNC(=O)c1ccc(CN(c2ccc(CC(F)(F)F)cc2)c2nc(-c3ccc([N+](=O)[O-])cc3)cs2)cc1. The van der Waals surface area contributed by atoms with E-state index in [0.29, 0.717) is 27.6 Å². The van der Waals surface area contributed by atoms with Crippen LogP contribution in [-0.2, 0) is 17.8 Å². The first kappa shape index (κ1) is 29.2. The molecule has 41 heavy (non-hydrogen) atoms. The second kappa shape index (κ2) is 12.6. The van der Waals surface area contributed by atoms with Crippen LogP contribution in [0, 0.1) is 10.1 Å². The molecule has 0 aliphatic heterocycles. The number of rotatable bonds is 11. The molecule has 0 radical (unpaired) electrons. The summed E-state index contributed by atoms with van der Waals surface area (Å²) >= 11 is 1.30. The number of anilines is 2. The zero-order valence-corrected chi connectivity index (χ0v) is 22.1. The third-order valence-electron chi connectivity index (χ3n) is 5.93. The van der Waals surface area contributed by atoms with Crippen molar-refractivity contribution >= 4 is 39.7 Å². The molecule has 2 N–H and O–H groups in total. The molecule has 0 saturated carbocycles. The quantitative estimate of drug-likeness (QED) is 0.155. The predicted molar refractivity (Wildman–Crippen MR) is 147 cm³/mol. The smallest absolute Gasteiger partial charge is 0.393 e. The number of aliphatic carboxylic acids is 1. The van der Waals surface area contributed by atoms with E-state index < -0.39 is 29.4 Å². The summed E-state index contributed by atoms with van der Waals surface area (Å²) in [7, 11) is 0. The molecule has 0 aliphatic carbocycles. The summed E-state index contributed by atoms with van der Waals surface area (Å²) < 4.78 is 38.6. The molecule has 0 bridgehead atoms. The third-order valence-corrected chi connectivity index (χ3v) is 6.79. The minimum Gasteiger partial charge on any atom is -0.481 e. The number of carbonyl (C=O) groups excluding carboxylic acids is 1. The van der Waals surface area contributed by atoms with E-state index in [1.54, 1.807) is 53.9 Å². The van der Waals surface area contributed by atoms with Crippen molar-refractivity contribution in [1.82, 2.24) is 10.3 Å². The summed E-state index contributed by atoms with van der Waals surface area (Å²) in [4.78, 5) is 39.9. The van der Waals surface area contributed by atoms with Gasteiger partial charge < -0.3 is 15.3 Å². The molecule has 0 aliphatic rings. The van der Waals surface area contributed by atoms with Crippen molar-refractivity contribution in [3.63, 3.8) is 0 Å². The van der Waals surface area contributed by atoms with Crippen LogP contribution in [0.25, 0.3) is 11.3 Å². The molecule has 13 heteroatoms. The Morgan fingerprint density at radius 3 is 2.20 bits per heavy atom. The van der Waals surface area contributed by atoms with Crippen LogP contribution in [0.15, 0.2) is 78.2 Å². The standard InChI is InChI=1S/C28H23F3N4O5S/c29-28(30,31)15-18-3-9-22(10-4-18)34(16-19-1-5-21(6-2-19)26(38)32-14-13-25(36)37)27-33-24(17-41-27)20-7-11-23(12-8-20)35(39)40/h1-12,17H,13-16H2,(H,32,38)(H,36,37). The number of nitro groups is 1. The molecule has 0 atom stereocenters. The molecule has 9 nitrogen and oxygen atoms in total. The molecule has 4 rings (SSSR count). The van der Waals surface area contributed by atoms with Gasteiger partial charge in [-0.25, -0.2) is 4.98 Å². The summed E-state index contributed by atoms with van der Waals surface area (Å²) in [6, 6.07) is 18.6. The minimum absolute atomic E-state index is 0.00479. The number of alkyl halides is 3. The summed E-state index contributed by atoms with van der Waals surface area (Å²) in [5.41, 5.74) is 3.02. The first-order chi connectivity index (χ1) is 19.5. The summed E-state index contributed by atoms with van der Waals surface area (Å²) in [6.07, 6.45) is -5.58. The largest absolute Gasteiger partial charge is 0.481 e. The number of carboxylic acids is 1. The predicted octanol–water partition coefficient (Wildman–Crippen LogP) is 6.37. The van der Waals surface area contributed by atoms with Gasteiger partial charge in [0.1, 0.15) is 0 Å². The van der Waals surface area contributed by atoms with E-state index in [-0.39, 0.29) is 30.8 Å². The van der Waals surface area contributed by atoms with Crippen LogP contribution in [-0.4, -0.2) is 39.6 Å². The van der Waals surface area contributed by atoms with Crippen molar-refractivity contribution in [2.24, 2.45) is 0 Å². The lowest BCUT2D eigenvalue weighted by atomic mass is 10.1. The molecule has 0 fully saturated rings. The molecule has 0 saturated heterocycles. The first-order valence-electron chi connectivity index (χ1n) is 12.2. The van der Waals surface area contributed by atoms with Crippen molar-refractivity contribution in [3.05, 3.63) is 105 Å². The number of carbonyl (C=O) groups is 2. The number of nitro benzene ring substituents is 1. The van der Waals surface area contributed by atoms with Crippen LogP contribution < -0.4 is 10.2 Å². The van der Waals surface area contributed by atoms with Gasteiger partial charge in [-0.1, -0.05) is 24.3 Å². The minimum atomic E-state index is -4.34. The first-order valence-corrected chi connectivity index (χ1v) is 13.1. The van der Waals surface area contributed by atoms with Gasteiger partial charge in [0.2, 0.25) is 0 Å². The fourth-order valence-electron chi connectivity index (χ4n) is 3.90. The molecule has 1 aromatic heterocycles. The Kier molecular flexibility index (Phi) is 8.97. The number of halogens is 3. The van der Waals surface area contributed by atoms with Crippen LogP contribution in [0.5, 0.6) is 0 Å². The molecular formula is C28H23F3N4O5S. The zero-order chi connectivity index (χ0) is 29.6. The molecule has 0 spiro atoms. The number of nitrogens with zero attached hydrogens (tertiary/aromatic N) is 3. The fraction of sp³-hybridized carbons (Fsp3) is 0.179. The number of hydrogen-bond acceptors (Lipinski definition) is 7. The molecule has 3 aromatic carbocycles. The van der Waals surface area contributed by atoms with Crippen molar-refractivity contribution in [3.8, 4) is 11.3 Å². The Bertz CT molecular complexity index is 1520. The lowest BCUT2D eigenvalue weighted by Crippen LogP contribution is -2.26. The Morgan fingerprint density at radius 1 is 0.976 bits per heavy atom. The molecule has 1 heterocycles. The van der Waals surface area contributed by atoms with Crippen LogP contribution >= 0.6 is 11.3 Å². The molecule has 4 aromatic rings. The summed E-state index contributed by atoms with van der Waals surface area (Å²) in [5.74, 6) is -1.44. The van der Waals surface area contributed by atoms with Gasteiger partial charge in [-0.3, -0.25) is 19.7 Å². The highest BCUT2D eigenvalue weighted by molar-refractivity contribution is 7.14. The highest BCUT2D eigenvalue weighted by Crippen LogP contribution is 2.34. The maximum Gasteiger partial charge on any atom is 0.393 e. The summed E-state index contributed by atoms with van der Waals surface area (Å²) in [6.45, 7) is 0.266. The van der Waals surface area contributed by atoms with E-state index in [4.69, 9.17) is 5.11 Å². The van der Waals surface area contributed by atoms with E-state index in [9.17, 15) is 32.9 Å². The number of aromatic nitrogens is 1. The summed E-state index contributed by atoms with van der Waals surface area (Å²) in [5, 5.41) is 24.6. The number of benzene rings is 3. The van der Waals surface area contributed by atoms with E-state index >= 15 is 0 Å². The van der Waals surface area contributed by atoms with Crippen LogP contribution in [0.4, 0.5) is 29.7 Å². The van der Waals surface area contributed by atoms with Gasteiger partial charge in [0.25, 0.3) is 11.6 Å². The molecule has 0 unspecified atom stereocenters. The van der Waals surface area contributed by atoms with Gasteiger partial charge in [-0.2, -0.15) is 13.2 Å². The van der Waals surface area contributed by atoms with Gasteiger partial charge in [-0.15, -0.1) is 11.3 Å². The fourth-order valence-corrected chi connectivity index (χ4v) is 4.75. The van der Waals surface area contributed by atoms with Crippen LogP contribution in [0.1, 0.15) is 27.9 Å². The Morgan fingerprint density at radius 2 is 1.61 bits per heavy atom. The number of carboxylic acid groups (broad SMARTS) is 1. The van der Waals surface area contributed by atoms with Gasteiger partial charge in [0, 0.05) is 40.9 Å². The molecule has 1 amide bonds. The van der Waals surface area contributed by atoms with E-state index in [0.717, 1.165) is 5.56 Å². The van der Waals surface area contributed by atoms with Crippen LogP contribution in [0.2, 0.25) is 0 Å². The zero-order valence-electron chi connectivity index (χ0n) is 21.3. The van der Waals surface area contributed by atoms with Gasteiger partial charge in [-0.05, 0) is 47.5 Å². The van der Waals surface area contributed by atoms with Gasteiger partial charge in [0.15, 0.2) is 5.13 Å². The maximum atomic E-state index is 12.9. The second-order valence-electron chi connectivity index (χ2n) is 8.96. The van der Waals surface area contributed by atoms with Crippen molar-refractivity contribution in [2.75, 3.05) is 11.4 Å². The van der Waals surface area contributed by atoms with E-state index in [1.807, 2.05) is 4.90 Å². The van der Waals surface area contributed by atoms with Crippen molar-refractivity contribution < 1.29 is 32.8 Å². The topological polar surface area (TPSA) is 126 Å². The van der Waals surface area contributed by atoms with Crippen molar-refractivity contribution in [2.45, 2.75) is 25.6 Å². The lowest BCUT2D eigenvalue weighted by Gasteiger charge is -2.23. The highest BCUT2D eigenvalue weighted by atomic mass is 32.1. The van der Waals surface area contributed by atoms with E-state index in [2.05, 4.69) is 10.3 Å². The van der Waals surface area contributed by atoms with Gasteiger partial charge >= 0.3 is 12.1 Å². The average molecular weight is 585 g/mol. The maximum absolute atomic E-state index is 12.9. The second-order valence-corrected chi connectivity index (χ2v) is 9.80. The number of non-ortho nitro benzene ring substituents is 1. The number of amides is 1. The van der Waals surface area contributed by atoms with E-state index in [1.165, 1.54) is 35.6 Å². The Labute approximate surface area is 236 Å². The third kappa shape index (κ3) is 8.11. The normalized spacial score (nSPS) is 11.2. The van der Waals surface area contributed by atoms with Gasteiger partial charge in [0.05, 0.1) is 30.0 Å². The number of nitrogens with one attached hydrogen (secondary N) is 1. The van der Waals surface area contributed by atoms with Crippen molar-refractivity contribution in [1.29, 1.82) is 0 Å².